The quantitative estimate of drug-likeness (QED) is 0.842. The lowest BCUT2D eigenvalue weighted by Crippen LogP contribution is -2.17. The van der Waals surface area contributed by atoms with Gasteiger partial charge >= 0.3 is 0 Å². The molecular formula is C17H23N3. The van der Waals surface area contributed by atoms with Crippen LogP contribution in [0.1, 0.15) is 32.4 Å². The number of nitrogens with zero attached hydrogens (tertiary/aromatic N) is 1. The molecule has 0 unspecified atom stereocenters. The Hall–Kier alpha value is -1.61. The Morgan fingerprint density at radius 2 is 2.05 bits per heavy atom. The van der Waals surface area contributed by atoms with Crippen molar-refractivity contribution in [2.45, 2.75) is 39.3 Å². The smallest absolute Gasteiger partial charge is 0.0726 e. The summed E-state index contributed by atoms with van der Waals surface area (Å²) in [4.78, 5) is 4.76. The molecule has 2 aromatic rings. The van der Waals surface area contributed by atoms with Gasteiger partial charge in [-0.25, -0.2) is 0 Å². The predicted molar refractivity (Wildman–Crippen MR) is 84.9 cm³/mol. The number of benzene rings is 1. The van der Waals surface area contributed by atoms with Crippen molar-refractivity contribution < 1.29 is 0 Å². The molecule has 0 radical (unpaired) electrons. The number of fused-ring (bicyclic) bond motifs is 1. The Balaban J connectivity index is 1.86. The minimum absolute atomic E-state index is 0.634. The number of nitrogens with one attached hydrogen (secondary N) is 2. The summed E-state index contributed by atoms with van der Waals surface area (Å²) in [5.41, 5.74) is 3.41. The first kappa shape index (κ1) is 13.4. The zero-order chi connectivity index (χ0) is 13.9. The van der Waals surface area contributed by atoms with Crippen molar-refractivity contribution in [3.63, 3.8) is 0 Å². The maximum absolute atomic E-state index is 4.76. The lowest BCUT2D eigenvalue weighted by molar-refractivity contribution is 0.675. The van der Waals surface area contributed by atoms with E-state index in [4.69, 9.17) is 4.98 Å². The second-order valence-corrected chi connectivity index (χ2v) is 6.11. The highest BCUT2D eigenvalue weighted by molar-refractivity contribution is 5.91. The summed E-state index contributed by atoms with van der Waals surface area (Å²) in [6.45, 7) is 6.31. The van der Waals surface area contributed by atoms with E-state index in [1.807, 2.05) is 0 Å². The standard InChI is InChI=1S/C17H23N3/c1-12(2)10-19-17-9-14(11-18-13-7-8-13)20-16-6-4-3-5-15(16)17/h3-6,9,12-13,18H,7-8,10-11H2,1-2H3,(H,19,20). The van der Waals surface area contributed by atoms with Crippen LogP contribution in [-0.4, -0.2) is 17.6 Å². The first-order valence-electron chi connectivity index (χ1n) is 7.58. The third-order valence-corrected chi connectivity index (χ3v) is 3.62. The number of hydrogen-bond acceptors (Lipinski definition) is 3. The minimum atomic E-state index is 0.634. The molecule has 0 bridgehead atoms. The van der Waals surface area contributed by atoms with Gasteiger partial charge in [-0.15, -0.1) is 0 Å². The van der Waals surface area contributed by atoms with Crippen molar-refractivity contribution in [1.82, 2.24) is 10.3 Å². The molecule has 1 aliphatic rings. The number of aromatic nitrogens is 1. The highest BCUT2D eigenvalue weighted by Gasteiger charge is 2.20. The second kappa shape index (κ2) is 5.80. The molecule has 1 aromatic heterocycles. The molecule has 1 saturated carbocycles. The fourth-order valence-corrected chi connectivity index (χ4v) is 2.32. The number of rotatable bonds is 6. The molecule has 2 N–H and O–H groups in total. The summed E-state index contributed by atoms with van der Waals surface area (Å²) in [7, 11) is 0. The summed E-state index contributed by atoms with van der Waals surface area (Å²) >= 11 is 0. The molecule has 1 aromatic carbocycles. The van der Waals surface area contributed by atoms with Gasteiger partial charge in [0.05, 0.1) is 11.2 Å². The van der Waals surface area contributed by atoms with Crippen LogP contribution >= 0.6 is 0 Å². The number of pyridine rings is 1. The molecule has 3 rings (SSSR count). The van der Waals surface area contributed by atoms with Gasteiger partial charge in [0.25, 0.3) is 0 Å². The molecule has 0 saturated heterocycles. The van der Waals surface area contributed by atoms with Crippen molar-refractivity contribution in [3.05, 3.63) is 36.0 Å². The van der Waals surface area contributed by atoms with Crippen LogP contribution in [0.3, 0.4) is 0 Å². The van der Waals surface area contributed by atoms with Crippen LogP contribution in [0.25, 0.3) is 10.9 Å². The number of anilines is 1. The Bertz CT molecular complexity index is 588. The van der Waals surface area contributed by atoms with Gasteiger partial charge < -0.3 is 10.6 Å². The second-order valence-electron chi connectivity index (χ2n) is 6.11. The third-order valence-electron chi connectivity index (χ3n) is 3.62. The summed E-state index contributed by atoms with van der Waals surface area (Å²) in [5.74, 6) is 0.634. The zero-order valence-electron chi connectivity index (χ0n) is 12.3. The van der Waals surface area contributed by atoms with Gasteiger partial charge in [0.15, 0.2) is 0 Å². The van der Waals surface area contributed by atoms with E-state index >= 15 is 0 Å². The highest BCUT2D eigenvalue weighted by Crippen LogP contribution is 2.24. The average molecular weight is 269 g/mol. The maximum Gasteiger partial charge on any atom is 0.0726 e. The van der Waals surface area contributed by atoms with Gasteiger partial charge in [0.2, 0.25) is 0 Å². The molecule has 1 fully saturated rings. The molecule has 1 heterocycles. The van der Waals surface area contributed by atoms with Crippen LogP contribution in [0.5, 0.6) is 0 Å². The first-order chi connectivity index (χ1) is 9.72. The summed E-state index contributed by atoms with van der Waals surface area (Å²) < 4.78 is 0. The topological polar surface area (TPSA) is 37.0 Å². The SMILES string of the molecule is CC(C)CNc1cc(CNC2CC2)nc2ccccc12. The molecular weight excluding hydrogens is 246 g/mol. The lowest BCUT2D eigenvalue weighted by atomic mass is 10.1. The Morgan fingerprint density at radius 3 is 2.80 bits per heavy atom. The van der Waals surface area contributed by atoms with Crippen molar-refractivity contribution >= 4 is 16.6 Å². The number of hydrogen-bond donors (Lipinski definition) is 2. The van der Waals surface area contributed by atoms with Gasteiger partial charge in [-0.1, -0.05) is 32.0 Å². The van der Waals surface area contributed by atoms with E-state index in [-0.39, 0.29) is 0 Å². The molecule has 0 spiro atoms. The van der Waals surface area contributed by atoms with E-state index < -0.39 is 0 Å². The normalized spacial score (nSPS) is 14.9. The molecule has 1 aliphatic carbocycles. The molecule has 3 heteroatoms. The Labute approximate surface area is 120 Å². The third kappa shape index (κ3) is 3.28. The van der Waals surface area contributed by atoms with Gasteiger partial charge in [0.1, 0.15) is 0 Å². The molecule has 106 valence electrons. The average Bonchev–Trinajstić information content (AvgIpc) is 3.26. The fourth-order valence-electron chi connectivity index (χ4n) is 2.32. The van der Waals surface area contributed by atoms with E-state index in [9.17, 15) is 0 Å². The Morgan fingerprint density at radius 1 is 1.25 bits per heavy atom. The van der Waals surface area contributed by atoms with Crippen LogP contribution in [0.15, 0.2) is 30.3 Å². The van der Waals surface area contributed by atoms with Gasteiger partial charge in [-0.3, -0.25) is 4.98 Å². The van der Waals surface area contributed by atoms with Crippen LogP contribution in [-0.2, 0) is 6.54 Å². The zero-order valence-corrected chi connectivity index (χ0v) is 12.3. The van der Waals surface area contributed by atoms with E-state index in [1.165, 1.54) is 23.9 Å². The maximum atomic E-state index is 4.76. The molecule has 20 heavy (non-hydrogen) atoms. The van der Waals surface area contributed by atoms with Crippen LogP contribution in [0.2, 0.25) is 0 Å². The highest BCUT2D eigenvalue weighted by atomic mass is 15.0. The van der Waals surface area contributed by atoms with Gasteiger partial charge in [-0.2, -0.15) is 0 Å². The summed E-state index contributed by atoms with van der Waals surface area (Å²) in [6.07, 6.45) is 2.62. The van der Waals surface area contributed by atoms with Crippen LogP contribution in [0, 0.1) is 5.92 Å². The lowest BCUT2D eigenvalue weighted by Gasteiger charge is -2.13. The molecule has 3 nitrogen and oxygen atoms in total. The van der Waals surface area contributed by atoms with Crippen molar-refractivity contribution in [1.29, 1.82) is 0 Å². The van der Waals surface area contributed by atoms with Gasteiger partial charge in [-0.05, 0) is 30.9 Å². The number of para-hydroxylation sites is 1. The van der Waals surface area contributed by atoms with Crippen molar-refractivity contribution in [3.8, 4) is 0 Å². The van der Waals surface area contributed by atoms with E-state index in [0.717, 1.165) is 30.3 Å². The molecule has 0 atom stereocenters. The largest absolute Gasteiger partial charge is 0.384 e. The summed E-state index contributed by atoms with van der Waals surface area (Å²) in [5, 5.41) is 8.31. The minimum Gasteiger partial charge on any atom is -0.384 e. The van der Waals surface area contributed by atoms with Crippen LogP contribution in [0.4, 0.5) is 5.69 Å². The van der Waals surface area contributed by atoms with E-state index in [1.54, 1.807) is 0 Å². The molecule has 0 aliphatic heterocycles. The Kier molecular flexibility index (Phi) is 3.88. The first-order valence-corrected chi connectivity index (χ1v) is 7.58. The van der Waals surface area contributed by atoms with Crippen molar-refractivity contribution in [2.75, 3.05) is 11.9 Å². The monoisotopic (exact) mass is 269 g/mol. The predicted octanol–water partition coefficient (Wildman–Crippen LogP) is 3.55. The van der Waals surface area contributed by atoms with Gasteiger partial charge in [0, 0.05) is 30.2 Å². The fraction of sp³-hybridized carbons (Fsp3) is 0.471. The van der Waals surface area contributed by atoms with Crippen LogP contribution < -0.4 is 10.6 Å². The summed E-state index contributed by atoms with van der Waals surface area (Å²) in [6, 6.07) is 11.3. The van der Waals surface area contributed by atoms with E-state index in [0.29, 0.717) is 5.92 Å². The van der Waals surface area contributed by atoms with E-state index in [2.05, 4.69) is 54.8 Å². The van der Waals surface area contributed by atoms with Crippen molar-refractivity contribution in [2.24, 2.45) is 5.92 Å². The molecule has 0 amide bonds.